The molecule has 4 nitrogen and oxygen atoms in total. The molecule has 142 valence electrons. The minimum atomic E-state index is -0.247. The summed E-state index contributed by atoms with van der Waals surface area (Å²) in [4.78, 5) is 12.3. The van der Waals surface area contributed by atoms with Crippen molar-refractivity contribution in [1.29, 1.82) is 0 Å². The van der Waals surface area contributed by atoms with Crippen molar-refractivity contribution in [3.63, 3.8) is 0 Å². The summed E-state index contributed by atoms with van der Waals surface area (Å²) in [6.07, 6.45) is 2.85. The Bertz CT molecular complexity index is 706. The highest BCUT2D eigenvalue weighted by atomic mass is 19.1. The first-order chi connectivity index (χ1) is 12.4. The number of ether oxygens (including phenoxy) is 1. The van der Waals surface area contributed by atoms with Crippen molar-refractivity contribution in [3.05, 3.63) is 35.6 Å². The molecule has 1 aliphatic heterocycles. The number of hydrogen-bond acceptors (Lipinski definition) is 3. The molecule has 4 rings (SSSR count). The van der Waals surface area contributed by atoms with Gasteiger partial charge in [-0.25, -0.2) is 4.39 Å². The molecule has 1 aromatic carbocycles. The Morgan fingerprint density at radius 2 is 2.15 bits per heavy atom. The summed E-state index contributed by atoms with van der Waals surface area (Å²) in [6, 6.07) is 6.93. The van der Waals surface area contributed by atoms with Crippen molar-refractivity contribution in [3.8, 4) is 0 Å². The van der Waals surface area contributed by atoms with Crippen LogP contribution in [0.25, 0.3) is 0 Å². The third-order valence-electron chi connectivity index (χ3n) is 7.36. The maximum absolute atomic E-state index is 14.5. The van der Waals surface area contributed by atoms with Gasteiger partial charge in [-0.1, -0.05) is 32.0 Å². The number of rotatable bonds is 4. The number of aliphatic hydroxyl groups excluding tert-OH is 1. The molecule has 1 unspecified atom stereocenters. The van der Waals surface area contributed by atoms with Gasteiger partial charge in [0.05, 0.1) is 12.7 Å². The van der Waals surface area contributed by atoms with Crippen LogP contribution in [0.5, 0.6) is 0 Å². The first-order valence-electron chi connectivity index (χ1n) is 9.66. The Morgan fingerprint density at radius 3 is 2.88 bits per heavy atom. The van der Waals surface area contributed by atoms with Gasteiger partial charge in [0.15, 0.2) is 0 Å². The number of carbonyl (C=O) groups excluding carboxylic acids is 1. The van der Waals surface area contributed by atoms with E-state index in [9.17, 15) is 9.18 Å². The van der Waals surface area contributed by atoms with Crippen LogP contribution in [0.3, 0.4) is 0 Å². The van der Waals surface area contributed by atoms with Crippen molar-refractivity contribution in [2.45, 2.75) is 51.7 Å². The number of carbonyl (C=O) groups is 1. The van der Waals surface area contributed by atoms with Crippen molar-refractivity contribution in [2.24, 2.45) is 22.7 Å². The smallest absolute Gasteiger partial charge is 0.222 e. The SMILES string of the molecule is CC1(C)[C@@H]2C[C@@H]3[C@@H](c4ccccc4F)OCCC3(C2)[C@H]1NC(=O)CCO. The zero-order chi connectivity index (χ0) is 18.5. The number of nitrogens with one attached hydrogen (secondary N) is 1. The number of benzene rings is 1. The molecule has 2 bridgehead atoms. The molecule has 2 aliphatic carbocycles. The molecule has 1 amide bonds. The second-order valence-electron chi connectivity index (χ2n) is 8.83. The van der Waals surface area contributed by atoms with Gasteiger partial charge in [-0.3, -0.25) is 4.79 Å². The van der Waals surface area contributed by atoms with Crippen molar-refractivity contribution in [2.75, 3.05) is 13.2 Å². The fourth-order valence-electron chi connectivity index (χ4n) is 6.14. The Morgan fingerprint density at radius 1 is 1.38 bits per heavy atom. The first kappa shape index (κ1) is 17.9. The third kappa shape index (κ3) is 2.51. The monoisotopic (exact) mass is 361 g/mol. The van der Waals surface area contributed by atoms with Gasteiger partial charge in [-0.15, -0.1) is 0 Å². The van der Waals surface area contributed by atoms with E-state index in [0.717, 1.165) is 19.3 Å². The van der Waals surface area contributed by atoms with E-state index in [1.54, 1.807) is 6.07 Å². The maximum atomic E-state index is 14.5. The molecule has 0 radical (unpaired) electrons. The Hall–Kier alpha value is -1.46. The third-order valence-corrected chi connectivity index (χ3v) is 7.36. The molecule has 3 aliphatic rings. The molecule has 26 heavy (non-hydrogen) atoms. The predicted molar refractivity (Wildman–Crippen MR) is 95.8 cm³/mol. The van der Waals surface area contributed by atoms with Crippen LogP contribution < -0.4 is 5.32 Å². The molecule has 0 aromatic heterocycles. The van der Waals surface area contributed by atoms with Gasteiger partial charge in [-0.05, 0) is 48.0 Å². The Labute approximate surface area is 154 Å². The molecule has 1 spiro atoms. The number of fused-ring (bicyclic) bond motifs is 1. The van der Waals surface area contributed by atoms with Crippen LogP contribution >= 0.6 is 0 Å². The lowest BCUT2D eigenvalue weighted by molar-refractivity contribution is -0.138. The van der Waals surface area contributed by atoms with Crippen LogP contribution in [-0.4, -0.2) is 30.3 Å². The molecule has 5 heteroatoms. The van der Waals surface area contributed by atoms with E-state index in [4.69, 9.17) is 9.84 Å². The number of hydrogen-bond donors (Lipinski definition) is 2. The fourth-order valence-corrected chi connectivity index (χ4v) is 6.14. The van der Waals surface area contributed by atoms with Crippen molar-refractivity contribution < 1.29 is 19.0 Å². The van der Waals surface area contributed by atoms with Crippen LogP contribution in [0.2, 0.25) is 0 Å². The lowest BCUT2D eigenvalue weighted by Crippen LogP contribution is -2.59. The maximum Gasteiger partial charge on any atom is 0.222 e. The van der Waals surface area contributed by atoms with Gasteiger partial charge in [0.25, 0.3) is 0 Å². The van der Waals surface area contributed by atoms with Gasteiger partial charge in [-0.2, -0.15) is 0 Å². The summed E-state index contributed by atoms with van der Waals surface area (Å²) >= 11 is 0. The van der Waals surface area contributed by atoms with E-state index in [2.05, 4.69) is 19.2 Å². The molecule has 1 heterocycles. The van der Waals surface area contributed by atoms with Crippen LogP contribution in [0.15, 0.2) is 24.3 Å². The number of halogens is 1. The summed E-state index contributed by atoms with van der Waals surface area (Å²) in [5, 5.41) is 12.3. The van der Waals surface area contributed by atoms with Crippen LogP contribution in [0, 0.1) is 28.5 Å². The summed E-state index contributed by atoms with van der Waals surface area (Å²) in [6.45, 7) is 4.92. The second kappa shape index (κ2) is 6.31. The molecular formula is C21H28FNO3. The minimum absolute atomic E-state index is 0.00125. The molecule has 2 saturated carbocycles. The Balaban J connectivity index is 1.68. The van der Waals surface area contributed by atoms with Gasteiger partial charge >= 0.3 is 0 Å². The van der Waals surface area contributed by atoms with Crippen molar-refractivity contribution in [1.82, 2.24) is 5.32 Å². The largest absolute Gasteiger partial charge is 0.396 e. The highest BCUT2D eigenvalue weighted by molar-refractivity contribution is 5.76. The van der Waals surface area contributed by atoms with Crippen LogP contribution in [-0.2, 0) is 9.53 Å². The number of aliphatic hydroxyl groups is 1. The molecule has 2 N–H and O–H groups in total. The zero-order valence-electron chi connectivity index (χ0n) is 15.5. The topological polar surface area (TPSA) is 58.6 Å². The average Bonchev–Trinajstić information content (AvgIpc) is 3.09. The van der Waals surface area contributed by atoms with Gasteiger partial charge < -0.3 is 15.2 Å². The normalized spacial score (nSPS) is 37.4. The standard InChI is InChI=1S/C21H28FNO3/c1-20(2)13-11-15-18(14-5-3-4-6-16(14)22)26-10-8-21(15,12-13)19(20)23-17(25)7-9-24/h3-6,13,15,18-19,24H,7-12H2,1-2H3,(H,23,25)/t13-,15-,18-,19+,21?/m1/s1. The summed E-state index contributed by atoms with van der Waals surface area (Å²) in [5.41, 5.74) is 0.589. The van der Waals surface area contributed by atoms with Crippen LogP contribution in [0.1, 0.15) is 51.2 Å². The quantitative estimate of drug-likeness (QED) is 0.866. The summed E-state index contributed by atoms with van der Waals surface area (Å²) < 4.78 is 20.5. The van der Waals surface area contributed by atoms with E-state index in [1.165, 1.54) is 6.07 Å². The molecule has 1 aromatic rings. The zero-order valence-corrected chi connectivity index (χ0v) is 15.5. The Kier molecular flexibility index (Phi) is 4.35. The number of amides is 1. The van der Waals surface area contributed by atoms with Crippen LogP contribution in [0.4, 0.5) is 4.39 Å². The molecular weight excluding hydrogens is 333 g/mol. The van der Waals surface area contributed by atoms with E-state index in [-0.39, 0.29) is 53.6 Å². The lowest BCUT2D eigenvalue weighted by Gasteiger charge is -2.53. The first-order valence-corrected chi connectivity index (χ1v) is 9.66. The van der Waals surface area contributed by atoms with Gasteiger partial charge in [0.2, 0.25) is 5.91 Å². The highest BCUT2D eigenvalue weighted by Gasteiger charge is 2.68. The van der Waals surface area contributed by atoms with Gasteiger partial charge in [0.1, 0.15) is 5.82 Å². The van der Waals surface area contributed by atoms with E-state index in [0.29, 0.717) is 18.1 Å². The molecule has 1 saturated heterocycles. The average molecular weight is 361 g/mol. The summed E-state index contributed by atoms with van der Waals surface area (Å²) in [7, 11) is 0. The second-order valence-corrected chi connectivity index (χ2v) is 8.83. The lowest BCUT2D eigenvalue weighted by atomic mass is 9.58. The van der Waals surface area contributed by atoms with Gasteiger partial charge in [0, 0.05) is 24.6 Å². The van der Waals surface area contributed by atoms with E-state index >= 15 is 0 Å². The van der Waals surface area contributed by atoms with E-state index < -0.39 is 0 Å². The minimum Gasteiger partial charge on any atom is -0.396 e. The predicted octanol–water partition coefficient (Wildman–Crippen LogP) is 3.21. The molecule has 3 fully saturated rings. The van der Waals surface area contributed by atoms with E-state index in [1.807, 2.05) is 12.1 Å². The van der Waals surface area contributed by atoms with Crippen molar-refractivity contribution >= 4 is 5.91 Å². The summed E-state index contributed by atoms with van der Waals surface area (Å²) in [5.74, 6) is 0.395. The highest BCUT2D eigenvalue weighted by Crippen LogP contribution is 2.70. The fraction of sp³-hybridized carbons (Fsp3) is 0.667. The molecule has 5 atom stereocenters.